The lowest BCUT2D eigenvalue weighted by Gasteiger charge is -2.12. The van der Waals surface area contributed by atoms with Crippen LogP contribution in [0.25, 0.3) is 11.1 Å². The standard InChI is InChI=1S/C22H20N2O2/c23-14-17-3-6-19(7-4-17)20-8-11-22(12-9-20)26-16-21(25)10-5-18-2-1-13-24-15-18/h1-4,6-9,11-13,15,21,25H,5,10,16H2/t21-/m1/s1. The summed E-state index contributed by atoms with van der Waals surface area (Å²) >= 11 is 0. The Hall–Kier alpha value is -3.16. The fourth-order valence-corrected chi connectivity index (χ4v) is 2.64. The summed E-state index contributed by atoms with van der Waals surface area (Å²) in [6, 6.07) is 21.2. The lowest BCUT2D eigenvalue weighted by Crippen LogP contribution is -2.18. The smallest absolute Gasteiger partial charge is 0.119 e. The maximum absolute atomic E-state index is 10.1. The second kappa shape index (κ2) is 8.80. The molecule has 0 aliphatic heterocycles. The fourth-order valence-electron chi connectivity index (χ4n) is 2.64. The van der Waals surface area contributed by atoms with Crippen LogP contribution >= 0.6 is 0 Å². The van der Waals surface area contributed by atoms with Crippen LogP contribution in [0.3, 0.4) is 0 Å². The number of hydrogen-bond acceptors (Lipinski definition) is 4. The van der Waals surface area contributed by atoms with Crippen molar-refractivity contribution in [2.45, 2.75) is 18.9 Å². The Morgan fingerprint density at radius 2 is 1.69 bits per heavy atom. The lowest BCUT2D eigenvalue weighted by molar-refractivity contribution is 0.100. The molecule has 0 fully saturated rings. The summed E-state index contributed by atoms with van der Waals surface area (Å²) in [5.41, 5.74) is 3.86. The van der Waals surface area contributed by atoms with Crippen molar-refractivity contribution in [3.8, 4) is 22.9 Å². The van der Waals surface area contributed by atoms with Crippen LogP contribution in [0.15, 0.2) is 73.1 Å². The molecule has 130 valence electrons. The van der Waals surface area contributed by atoms with Crippen LogP contribution in [0.1, 0.15) is 17.5 Å². The van der Waals surface area contributed by atoms with Crippen LogP contribution in [-0.4, -0.2) is 22.8 Å². The Morgan fingerprint density at radius 3 is 2.31 bits per heavy atom. The number of rotatable bonds is 7. The summed E-state index contributed by atoms with van der Waals surface area (Å²) in [4.78, 5) is 4.07. The average molecular weight is 344 g/mol. The van der Waals surface area contributed by atoms with Gasteiger partial charge in [0.25, 0.3) is 0 Å². The van der Waals surface area contributed by atoms with Gasteiger partial charge in [0, 0.05) is 12.4 Å². The molecule has 26 heavy (non-hydrogen) atoms. The second-order valence-electron chi connectivity index (χ2n) is 6.08. The highest BCUT2D eigenvalue weighted by atomic mass is 16.5. The number of aliphatic hydroxyl groups excluding tert-OH is 1. The molecule has 0 amide bonds. The third-order valence-corrected chi connectivity index (χ3v) is 4.13. The number of ether oxygens (including phenoxy) is 1. The molecule has 0 saturated carbocycles. The monoisotopic (exact) mass is 344 g/mol. The van der Waals surface area contributed by atoms with Gasteiger partial charge in [0.1, 0.15) is 12.4 Å². The molecular formula is C22H20N2O2. The summed E-state index contributed by atoms with van der Waals surface area (Å²) < 4.78 is 5.67. The number of aromatic nitrogens is 1. The highest BCUT2D eigenvalue weighted by Crippen LogP contribution is 2.23. The van der Waals surface area contributed by atoms with Gasteiger partial charge in [0.05, 0.1) is 17.7 Å². The molecule has 0 saturated heterocycles. The second-order valence-corrected chi connectivity index (χ2v) is 6.08. The predicted octanol–water partition coefficient (Wildman–Crippen LogP) is 3.99. The topological polar surface area (TPSA) is 66.1 Å². The van der Waals surface area contributed by atoms with Gasteiger partial charge in [-0.2, -0.15) is 5.26 Å². The molecule has 0 aliphatic carbocycles. The van der Waals surface area contributed by atoms with E-state index in [2.05, 4.69) is 11.1 Å². The van der Waals surface area contributed by atoms with Crippen LogP contribution in [-0.2, 0) is 6.42 Å². The number of nitrogens with zero attached hydrogens (tertiary/aromatic N) is 2. The third kappa shape index (κ3) is 4.92. The van der Waals surface area contributed by atoms with Gasteiger partial charge in [-0.1, -0.05) is 30.3 Å². The first kappa shape index (κ1) is 17.7. The molecule has 0 unspecified atom stereocenters. The molecule has 1 heterocycles. The maximum atomic E-state index is 10.1. The lowest BCUT2D eigenvalue weighted by atomic mass is 10.0. The molecule has 3 rings (SSSR count). The van der Waals surface area contributed by atoms with Crippen LogP contribution < -0.4 is 4.74 Å². The maximum Gasteiger partial charge on any atom is 0.119 e. The molecule has 0 spiro atoms. The highest BCUT2D eigenvalue weighted by Gasteiger charge is 2.06. The van der Waals surface area contributed by atoms with Gasteiger partial charge >= 0.3 is 0 Å². The van der Waals surface area contributed by atoms with E-state index >= 15 is 0 Å². The molecule has 4 nitrogen and oxygen atoms in total. The molecule has 2 aromatic carbocycles. The Labute approximate surface area is 153 Å². The van der Waals surface area contributed by atoms with Crippen molar-refractivity contribution in [2.24, 2.45) is 0 Å². The number of aliphatic hydroxyl groups is 1. The Kier molecular flexibility index (Phi) is 5.97. The molecule has 1 atom stereocenters. The normalized spacial score (nSPS) is 11.5. The zero-order valence-corrected chi connectivity index (χ0v) is 14.4. The first-order chi connectivity index (χ1) is 12.7. The number of pyridine rings is 1. The minimum atomic E-state index is -0.520. The third-order valence-electron chi connectivity index (χ3n) is 4.13. The van der Waals surface area contributed by atoms with Gasteiger partial charge in [-0.05, 0) is 59.9 Å². The van der Waals surface area contributed by atoms with E-state index in [9.17, 15) is 5.11 Å². The van der Waals surface area contributed by atoms with Crippen LogP contribution in [0.5, 0.6) is 5.75 Å². The zero-order chi connectivity index (χ0) is 18.2. The quantitative estimate of drug-likeness (QED) is 0.704. The summed E-state index contributed by atoms with van der Waals surface area (Å²) in [7, 11) is 0. The molecule has 0 radical (unpaired) electrons. The zero-order valence-electron chi connectivity index (χ0n) is 14.4. The SMILES string of the molecule is N#Cc1ccc(-c2ccc(OC[C@H](O)CCc3cccnc3)cc2)cc1. The van der Waals surface area contributed by atoms with E-state index in [0.29, 0.717) is 12.0 Å². The Balaban J connectivity index is 1.50. The van der Waals surface area contributed by atoms with Crippen LogP contribution in [0.2, 0.25) is 0 Å². The van der Waals surface area contributed by atoms with E-state index in [4.69, 9.17) is 10.00 Å². The van der Waals surface area contributed by atoms with Crippen molar-refractivity contribution < 1.29 is 9.84 Å². The predicted molar refractivity (Wildman–Crippen MR) is 101 cm³/mol. The van der Waals surface area contributed by atoms with E-state index < -0.39 is 6.10 Å². The van der Waals surface area contributed by atoms with Crippen molar-refractivity contribution in [1.29, 1.82) is 5.26 Å². The largest absolute Gasteiger partial charge is 0.491 e. The molecular weight excluding hydrogens is 324 g/mol. The van der Waals surface area contributed by atoms with Gasteiger partial charge < -0.3 is 9.84 Å². The van der Waals surface area contributed by atoms with Crippen molar-refractivity contribution in [2.75, 3.05) is 6.61 Å². The molecule has 0 bridgehead atoms. The number of benzene rings is 2. The minimum absolute atomic E-state index is 0.260. The molecule has 4 heteroatoms. The van der Waals surface area contributed by atoms with Crippen LogP contribution in [0.4, 0.5) is 0 Å². The Bertz CT molecular complexity index is 853. The molecule has 0 aliphatic rings. The highest BCUT2D eigenvalue weighted by molar-refractivity contribution is 5.64. The van der Waals surface area contributed by atoms with E-state index in [1.807, 2.05) is 54.7 Å². The fraction of sp³-hybridized carbons (Fsp3) is 0.182. The van der Waals surface area contributed by atoms with Gasteiger partial charge in [-0.15, -0.1) is 0 Å². The summed E-state index contributed by atoms with van der Waals surface area (Å²) in [6.45, 7) is 0.260. The van der Waals surface area contributed by atoms with Gasteiger partial charge in [-0.25, -0.2) is 0 Å². The van der Waals surface area contributed by atoms with Crippen molar-refractivity contribution >= 4 is 0 Å². The molecule has 1 N–H and O–H groups in total. The summed E-state index contributed by atoms with van der Waals surface area (Å²) in [5, 5.41) is 18.9. The van der Waals surface area contributed by atoms with E-state index in [0.717, 1.165) is 28.9 Å². The van der Waals surface area contributed by atoms with Gasteiger partial charge in [0.15, 0.2) is 0 Å². The number of nitriles is 1. The van der Waals surface area contributed by atoms with Crippen LogP contribution in [0, 0.1) is 11.3 Å². The Morgan fingerprint density at radius 1 is 1.00 bits per heavy atom. The first-order valence-corrected chi connectivity index (χ1v) is 8.55. The van der Waals surface area contributed by atoms with Crippen molar-refractivity contribution in [1.82, 2.24) is 4.98 Å². The van der Waals surface area contributed by atoms with E-state index in [1.54, 1.807) is 18.3 Å². The number of hydrogen-bond donors (Lipinski definition) is 1. The average Bonchev–Trinajstić information content (AvgIpc) is 2.72. The first-order valence-electron chi connectivity index (χ1n) is 8.55. The van der Waals surface area contributed by atoms with E-state index in [-0.39, 0.29) is 6.61 Å². The van der Waals surface area contributed by atoms with Gasteiger partial charge in [-0.3, -0.25) is 4.98 Å². The summed E-state index contributed by atoms with van der Waals surface area (Å²) in [5.74, 6) is 0.725. The van der Waals surface area contributed by atoms with Crippen molar-refractivity contribution in [3.05, 3.63) is 84.2 Å². The summed E-state index contributed by atoms with van der Waals surface area (Å²) in [6.07, 6.45) is 4.44. The number of aryl methyl sites for hydroxylation is 1. The molecule has 3 aromatic rings. The minimum Gasteiger partial charge on any atom is -0.491 e. The van der Waals surface area contributed by atoms with Gasteiger partial charge in [0.2, 0.25) is 0 Å². The van der Waals surface area contributed by atoms with E-state index in [1.165, 1.54) is 0 Å². The molecule has 1 aromatic heterocycles. The van der Waals surface area contributed by atoms with Crippen molar-refractivity contribution in [3.63, 3.8) is 0 Å².